The molecule has 2 aromatic heterocycles. The van der Waals surface area contributed by atoms with Crippen LogP contribution in [0.25, 0.3) is 10.3 Å². The maximum atomic E-state index is 13.4. The molecule has 0 N–H and O–H groups in total. The summed E-state index contributed by atoms with van der Waals surface area (Å²) in [4.78, 5) is 37.7. The minimum Gasteiger partial charge on any atom is -0.338 e. The summed E-state index contributed by atoms with van der Waals surface area (Å²) in [6, 6.07) is 6.40. The first kappa shape index (κ1) is 19.4. The number of benzene rings is 1. The number of hydrogen-bond donors (Lipinski definition) is 0. The average Bonchev–Trinajstić information content (AvgIpc) is 3.25. The molecule has 0 radical (unpaired) electrons. The smallest absolute Gasteiger partial charge is 0.281 e. The van der Waals surface area contributed by atoms with E-state index >= 15 is 0 Å². The van der Waals surface area contributed by atoms with Crippen LogP contribution in [0.2, 0.25) is 0 Å². The fourth-order valence-corrected chi connectivity index (χ4v) is 5.37. The van der Waals surface area contributed by atoms with Gasteiger partial charge in [0.05, 0.1) is 6.04 Å². The van der Waals surface area contributed by atoms with Crippen LogP contribution in [0.15, 0.2) is 29.1 Å². The molecule has 0 amide bonds. The number of anilines is 1. The Balaban J connectivity index is 1.38. The standard InChI is InChI=1S/C22H23FN4O2S/c1-13-24-20-19(21(29)27(13)16-8-9-16)25-22(30-20)26-11-3-6-17(26)18(28)10-7-14-4-2-5-15(23)12-14/h2,4-5,12,16-17H,3,6-11H2,1H3/t17-/m1/s1. The molecule has 8 heteroatoms. The number of rotatable bonds is 6. The topological polar surface area (TPSA) is 68.1 Å². The van der Waals surface area contributed by atoms with Crippen LogP contribution >= 0.6 is 11.3 Å². The Morgan fingerprint density at radius 2 is 2.10 bits per heavy atom. The fraction of sp³-hybridized carbons (Fsp3) is 0.455. The Morgan fingerprint density at radius 3 is 2.87 bits per heavy atom. The fourth-order valence-electron chi connectivity index (χ4n) is 4.32. The molecular formula is C22H23FN4O2S. The summed E-state index contributed by atoms with van der Waals surface area (Å²) >= 11 is 1.39. The third-order valence-electron chi connectivity index (χ3n) is 5.96. The molecule has 5 rings (SSSR count). The van der Waals surface area contributed by atoms with Gasteiger partial charge in [-0.3, -0.25) is 14.2 Å². The molecule has 2 aliphatic rings. The highest BCUT2D eigenvalue weighted by molar-refractivity contribution is 7.21. The Kier molecular flexibility index (Phi) is 4.89. The zero-order valence-electron chi connectivity index (χ0n) is 16.8. The second kappa shape index (κ2) is 7.58. The van der Waals surface area contributed by atoms with E-state index in [2.05, 4.69) is 9.97 Å². The quantitative estimate of drug-likeness (QED) is 0.600. The van der Waals surface area contributed by atoms with E-state index in [1.54, 1.807) is 10.6 Å². The van der Waals surface area contributed by atoms with Crippen molar-refractivity contribution in [1.82, 2.24) is 14.5 Å². The van der Waals surface area contributed by atoms with Gasteiger partial charge >= 0.3 is 0 Å². The van der Waals surface area contributed by atoms with Crippen LogP contribution in [0.5, 0.6) is 0 Å². The van der Waals surface area contributed by atoms with E-state index in [4.69, 9.17) is 0 Å². The van der Waals surface area contributed by atoms with E-state index in [0.717, 1.165) is 43.6 Å². The van der Waals surface area contributed by atoms with Crippen LogP contribution in [0, 0.1) is 12.7 Å². The van der Waals surface area contributed by atoms with Gasteiger partial charge in [0.15, 0.2) is 21.3 Å². The van der Waals surface area contributed by atoms with Crippen molar-refractivity contribution in [1.29, 1.82) is 0 Å². The summed E-state index contributed by atoms with van der Waals surface area (Å²) in [5.74, 6) is 0.585. The summed E-state index contributed by atoms with van der Waals surface area (Å²) in [6.07, 6.45) is 4.59. The molecule has 6 nitrogen and oxygen atoms in total. The number of thiazole rings is 1. The highest BCUT2D eigenvalue weighted by atomic mass is 32.1. The van der Waals surface area contributed by atoms with Crippen LogP contribution < -0.4 is 10.5 Å². The van der Waals surface area contributed by atoms with E-state index in [1.165, 1.54) is 23.5 Å². The first-order valence-corrected chi connectivity index (χ1v) is 11.3. The van der Waals surface area contributed by atoms with Crippen molar-refractivity contribution >= 4 is 32.6 Å². The van der Waals surface area contributed by atoms with Gasteiger partial charge < -0.3 is 4.90 Å². The van der Waals surface area contributed by atoms with Gasteiger partial charge in [0.2, 0.25) is 0 Å². The number of carbonyl (C=O) groups is 1. The number of aromatic nitrogens is 3. The second-order valence-electron chi connectivity index (χ2n) is 8.16. The second-order valence-corrected chi connectivity index (χ2v) is 9.12. The van der Waals surface area contributed by atoms with Crippen molar-refractivity contribution in [2.45, 2.75) is 57.5 Å². The monoisotopic (exact) mass is 426 g/mol. The van der Waals surface area contributed by atoms with E-state index in [1.807, 2.05) is 17.9 Å². The van der Waals surface area contributed by atoms with Crippen molar-refractivity contribution < 1.29 is 9.18 Å². The number of carbonyl (C=O) groups excluding carboxylic acids is 1. The predicted octanol–water partition coefficient (Wildman–Crippen LogP) is 3.81. The molecule has 1 atom stereocenters. The maximum Gasteiger partial charge on any atom is 0.281 e. The number of Topliss-reactive ketones (excluding diaryl/α,β-unsaturated/α-hetero) is 1. The molecule has 1 saturated carbocycles. The predicted molar refractivity (Wildman–Crippen MR) is 115 cm³/mol. The summed E-state index contributed by atoms with van der Waals surface area (Å²) in [5, 5.41) is 0.698. The molecule has 3 aromatic rings. The van der Waals surface area contributed by atoms with E-state index in [-0.39, 0.29) is 29.2 Å². The summed E-state index contributed by atoms with van der Waals surface area (Å²) < 4.78 is 15.1. The normalized spacial score (nSPS) is 19.0. The summed E-state index contributed by atoms with van der Waals surface area (Å²) in [5.41, 5.74) is 1.16. The Labute approximate surface area is 177 Å². The molecule has 0 spiro atoms. The number of ketones is 1. The van der Waals surface area contributed by atoms with Gasteiger partial charge in [-0.1, -0.05) is 23.5 Å². The first-order valence-electron chi connectivity index (χ1n) is 10.4. The number of nitrogens with zero attached hydrogens (tertiary/aromatic N) is 4. The maximum absolute atomic E-state index is 13.4. The summed E-state index contributed by atoms with van der Waals surface area (Å²) in [6.45, 7) is 2.61. The molecule has 1 aromatic carbocycles. The minimum atomic E-state index is -0.281. The molecule has 1 aliphatic heterocycles. The van der Waals surface area contributed by atoms with Gasteiger partial charge in [-0.05, 0) is 56.7 Å². The molecule has 2 fully saturated rings. The van der Waals surface area contributed by atoms with Gasteiger partial charge in [0, 0.05) is 19.0 Å². The molecule has 0 bridgehead atoms. The molecular weight excluding hydrogens is 403 g/mol. The van der Waals surface area contributed by atoms with Crippen molar-refractivity contribution in [2.75, 3.05) is 11.4 Å². The van der Waals surface area contributed by atoms with Crippen LogP contribution in [-0.2, 0) is 11.2 Å². The molecule has 1 saturated heterocycles. The minimum absolute atomic E-state index is 0.0734. The van der Waals surface area contributed by atoms with Gasteiger partial charge in [-0.25, -0.2) is 14.4 Å². The number of fused-ring (bicyclic) bond motifs is 1. The zero-order chi connectivity index (χ0) is 20.8. The van der Waals surface area contributed by atoms with Crippen LogP contribution in [0.1, 0.15) is 49.5 Å². The first-order chi connectivity index (χ1) is 14.5. The lowest BCUT2D eigenvalue weighted by molar-refractivity contribution is -0.120. The van der Waals surface area contributed by atoms with E-state index in [0.29, 0.717) is 28.3 Å². The highest BCUT2D eigenvalue weighted by Crippen LogP contribution is 2.36. The number of hydrogen-bond acceptors (Lipinski definition) is 6. The molecule has 3 heterocycles. The largest absolute Gasteiger partial charge is 0.338 e. The van der Waals surface area contributed by atoms with Crippen LogP contribution in [-0.4, -0.2) is 32.9 Å². The zero-order valence-corrected chi connectivity index (χ0v) is 17.6. The lowest BCUT2D eigenvalue weighted by atomic mass is 10.0. The van der Waals surface area contributed by atoms with Crippen LogP contribution in [0.4, 0.5) is 9.52 Å². The Bertz CT molecular complexity index is 1180. The number of halogens is 1. The van der Waals surface area contributed by atoms with Gasteiger partial charge in [0.1, 0.15) is 11.6 Å². The van der Waals surface area contributed by atoms with E-state index < -0.39 is 0 Å². The van der Waals surface area contributed by atoms with Gasteiger partial charge in [0.25, 0.3) is 5.56 Å². The molecule has 156 valence electrons. The van der Waals surface area contributed by atoms with E-state index in [9.17, 15) is 14.0 Å². The van der Waals surface area contributed by atoms with Crippen LogP contribution in [0.3, 0.4) is 0 Å². The SMILES string of the molecule is Cc1nc2sc(N3CCC[C@@H]3C(=O)CCc3cccc(F)c3)nc2c(=O)n1C1CC1. The Morgan fingerprint density at radius 1 is 1.27 bits per heavy atom. The highest BCUT2D eigenvalue weighted by Gasteiger charge is 2.33. The molecule has 1 aliphatic carbocycles. The lowest BCUT2D eigenvalue weighted by Crippen LogP contribution is -2.36. The van der Waals surface area contributed by atoms with Gasteiger partial charge in [-0.2, -0.15) is 0 Å². The number of aryl methyl sites for hydroxylation is 2. The van der Waals surface area contributed by atoms with Crippen molar-refractivity contribution in [3.05, 3.63) is 51.8 Å². The van der Waals surface area contributed by atoms with Crippen molar-refractivity contribution in [3.63, 3.8) is 0 Å². The third kappa shape index (κ3) is 3.53. The molecule has 0 unspecified atom stereocenters. The Hall–Kier alpha value is -2.61. The lowest BCUT2D eigenvalue weighted by Gasteiger charge is -2.22. The third-order valence-corrected chi connectivity index (χ3v) is 6.95. The van der Waals surface area contributed by atoms with Gasteiger partial charge in [-0.15, -0.1) is 0 Å². The summed E-state index contributed by atoms with van der Waals surface area (Å²) in [7, 11) is 0. The molecule has 30 heavy (non-hydrogen) atoms. The van der Waals surface area contributed by atoms with Crippen molar-refractivity contribution in [3.8, 4) is 0 Å². The van der Waals surface area contributed by atoms with Crippen molar-refractivity contribution in [2.24, 2.45) is 0 Å². The average molecular weight is 427 g/mol.